The molecule has 1 saturated carbocycles. The number of rotatable bonds is 4. The zero-order valence-corrected chi connectivity index (χ0v) is 14.4. The van der Waals surface area contributed by atoms with Gasteiger partial charge in [-0.25, -0.2) is 13.2 Å². The molecule has 4 rings (SSSR count). The Morgan fingerprint density at radius 3 is 2.24 bits per heavy atom. The van der Waals surface area contributed by atoms with Gasteiger partial charge in [0, 0.05) is 17.2 Å². The van der Waals surface area contributed by atoms with E-state index in [1.54, 1.807) is 0 Å². The normalized spacial score (nSPS) is 21.3. The van der Waals surface area contributed by atoms with E-state index in [1.165, 1.54) is 12.1 Å². The van der Waals surface area contributed by atoms with Crippen LogP contribution in [0.15, 0.2) is 30.3 Å². The van der Waals surface area contributed by atoms with E-state index in [9.17, 15) is 40.9 Å². The minimum absolute atomic E-state index is 0.0718. The number of hydrogen-bond acceptors (Lipinski definition) is 3. The average Bonchev–Trinajstić information content (AvgIpc) is 3.43. The summed E-state index contributed by atoms with van der Waals surface area (Å²) in [5.74, 6) is -16.9. The predicted molar refractivity (Wildman–Crippen MR) is 84.8 cm³/mol. The minimum Gasteiger partial charge on any atom is -0.457 e. The molecule has 2 aromatic rings. The number of benzene rings is 2. The Kier molecular flexibility index (Phi) is 4.19. The van der Waals surface area contributed by atoms with Crippen molar-refractivity contribution in [2.24, 2.45) is 0 Å². The number of ether oxygens (including phenoxy) is 1. The first-order valence-electron chi connectivity index (χ1n) is 8.52. The predicted octanol–water partition coefficient (Wildman–Crippen LogP) is 5.31. The third-order valence-corrected chi connectivity index (χ3v) is 5.11. The molecule has 29 heavy (non-hydrogen) atoms. The van der Waals surface area contributed by atoms with Crippen LogP contribution < -0.4 is 4.74 Å². The smallest absolute Gasteiger partial charge is 0.371 e. The number of fused-ring (bicyclic) bond motifs is 1. The zero-order valence-electron chi connectivity index (χ0n) is 14.4. The van der Waals surface area contributed by atoms with Gasteiger partial charge in [0.1, 0.15) is 17.3 Å². The summed E-state index contributed by atoms with van der Waals surface area (Å²) in [5, 5.41) is 19.4. The Morgan fingerprint density at radius 1 is 1.00 bits per heavy atom. The maximum absolute atomic E-state index is 14.0. The van der Waals surface area contributed by atoms with Gasteiger partial charge in [-0.05, 0) is 48.6 Å². The van der Waals surface area contributed by atoms with Crippen LogP contribution in [0.5, 0.6) is 11.5 Å². The number of aliphatic hydroxyl groups is 2. The Labute approximate surface area is 159 Å². The quantitative estimate of drug-likeness (QED) is 0.519. The Balaban J connectivity index is 1.86. The topological polar surface area (TPSA) is 49.7 Å². The fraction of sp³-hybridized carbons (Fsp3) is 0.368. The van der Waals surface area contributed by atoms with Crippen LogP contribution in [0.1, 0.15) is 47.4 Å². The van der Waals surface area contributed by atoms with Crippen molar-refractivity contribution in [3.63, 3.8) is 0 Å². The van der Waals surface area contributed by atoms with Crippen LogP contribution in [0.4, 0.5) is 30.7 Å². The average molecular weight is 422 g/mol. The second kappa shape index (κ2) is 6.09. The van der Waals surface area contributed by atoms with Crippen LogP contribution in [-0.2, 0) is 11.7 Å². The van der Waals surface area contributed by atoms with Gasteiger partial charge >= 0.3 is 11.8 Å². The van der Waals surface area contributed by atoms with Gasteiger partial charge in [-0.3, -0.25) is 0 Å². The number of alkyl halides is 6. The summed E-state index contributed by atoms with van der Waals surface area (Å²) in [6.45, 7) is 0. The summed E-state index contributed by atoms with van der Waals surface area (Å²) in [4.78, 5) is 0. The van der Waals surface area contributed by atoms with Crippen LogP contribution in [0.2, 0.25) is 0 Å². The van der Waals surface area contributed by atoms with E-state index in [0.29, 0.717) is 17.7 Å². The molecule has 0 unspecified atom stereocenters. The Morgan fingerprint density at radius 2 is 1.66 bits per heavy atom. The van der Waals surface area contributed by atoms with E-state index in [0.717, 1.165) is 18.9 Å². The summed E-state index contributed by atoms with van der Waals surface area (Å²) in [5.41, 5.74) is -4.36. The molecular weight excluding hydrogens is 409 g/mol. The third-order valence-electron chi connectivity index (χ3n) is 5.11. The molecule has 156 valence electrons. The highest BCUT2D eigenvalue weighted by Gasteiger charge is 2.77. The Hall–Kier alpha value is -2.33. The molecule has 2 aromatic carbocycles. The standard InChI is InChI=1S/C19H13F7O3/c20-10-5-9(8-1-2-8)6-11(7-10)29-13-4-3-12-15(14(13)16(21)22)18(27,28)19(25,26)17(12,23)24/h3-8,16,27-28H,1-2H2. The fourth-order valence-electron chi connectivity index (χ4n) is 3.51. The van der Waals surface area contributed by atoms with Gasteiger partial charge in [-0.1, -0.05) is 0 Å². The number of halogens is 7. The lowest BCUT2D eigenvalue weighted by Gasteiger charge is -2.28. The second-order valence-electron chi connectivity index (χ2n) is 7.12. The lowest BCUT2D eigenvalue weighted by molar-refractivity contribution is -0.358. The molecule has 2 aliphatic carbocycles. The molecule has 1 fully saturated rings. The van der Waals surface area contributed by atoms with Crippen molar-refractivity contribution in [1.29, 1.82) is 0 Å². The molecule has 3 nitrogen and oxygen atoms in total. The van der Waals surface area contributed by atoms with Crippen molar-refractivity contribution in [2.75, 3.05) is 0 Å². The lowest BCUT2D eigenvalue weighted by Crippen LogP contribution is -2.49. The number of hydrogen-bond donors (Lipinski definition) is 2. The first-order chi connectivity index (χ1) is 13.4. The van der Waals surface area contributed by atoms with E-state index in [4.69, 9.17) is 4.74 Å². The molecule has 10 heteroatoms. The van der Waals surface area contributed by atoms with Gasteiger partial charge in [0.05, 0.1) is 5.56 Å². The van der Waals surface area contributed by atoms with E-state index in [1.807, 2.05) is 0 Å². The summed E-state index contributed by atoms with van der Waals surface area (Å²) >= 11 is 0. The summed E-state index contributed by atoms with van der Waals surface area (Å²) in [6.07, 6.45) is -2.07. The molecule has 0 heterocycles. The van der Waals surface area contributed by atoms with E-state index in [-0.39, 0.29) is 11.7 Å². The van der Waals surface area contributed by atoms with Crippen molar-refractivity contribution < 1.29 is 45.7 Å². The molecule has 0 atom stereocenters. The van der Waals surface area contributed by atoms with Crippen molar-refractivity contribution in [2.45, 2.75) is 42.8 Å². The molecule has 0 spiro atoms. The molecule has 0 bridgehead atoms. The first kappa shape index (κ1) is 20.0. The third kappa shape index (κ3) is 2.80. The molecule has 0 saturated heterocycles. The molecule has 0 aromatic heterocycles. The zero-order chi connectivity index (χ0) is 21.4. The van der Waals surface area contributed by atoms with E-state index < -0.39 is 52.3 Å². The van der Waals surface area contributed by atoms with Crippen molar-refractivity contribution in [3.8, 4) is 11.5 Å². The molecule has 0 aliphatic heterocycles. The van der Waals surface area contributed by atoms with Crippen molar-refractivity contribution in [3.05, 3.63) is 58.4 Å². The van der Waals surface area contributed by atoms with Crippen LogP contribution in [-0.4, -0.2) is 16.1 Å². The van der Waals surface area contributed by atoms with Gasteiger partial charge < -0.3 is 14.9 Å². The SMILES string of the molecule is OC1(O)c2c(ccc(Oc3cc(F)cc(C4CC4)c3)c2C(F)F)C(F)(F)C1(F)F. The fourth-order valence-corrected chi connectivity index (χ4v) is 3.51. The van der Waals surface area contributed by atoms with E-state index in [2.05, 4.69) is 0 Å². The monoisotopic (exact) mass is 422 g/mol. The summed E-state index contributed by atoms with van der Waals surface area (Å²) in [7, 11) is 0. The molecule has 2 aliphatic rings. The Bertz CT molecular complexity index is 984. The minimum atomic E-state index is -5.46. The van der Waals surface area contributed by atoms with Crippen molar-refractivity contribution in [1.82, 2.24) is 0 Å². The second-order valence-corrected chi connectivity index (χ2v) is 7.12. The van der Waals surface area contributed by atoms with Gasteiger partial charge in [-0.15, -0.1) is 0 Å². The molecule has 0 radical (unpaired) electrons. The van der Waals surface area contributed by atoms with Gasteiger partial charge in [-0.2, -0.15) is 17.6 Å². The van der Waals surface area contributed by atoms with Gasteiger partial charge in [0.25, 0.3) is 12.2 Å². The van der Waals surface area contributed by atoms with E-state index >= 15 is 0 Å². The maximum Gasteiger partial charge on any atom is 0.371 e. The van der Waals surface area contributed by atoms with Crippen LogP contribution in [0.25, 0.3) is 0 Å². The molecule has 2 N–H and O–H groups in total. The highest BCUT2D eigenvalue weighted by Crippen LogP contribution is 2.62. The largest absolute Gasteiger partial charge is 0.457 e. The van der Waals surface area contributed by atoms with Gasteiger partial charge in [0.2, 0.25) is 0 Å². The maximum atomic E-state index is 14.0. The highest BCUT2D eigenvalue weighted by atomic mass is 19.3. The van der Waals surface area contributed by atoms with Crippen LogP contribution in [0.3, 0.4) is 0 Å². The van der Waals surface area contributed by atoms with Crippen LogP contribution >= 0.6 is 0 Å². The summed E-state index contributed by atoms with van der Waals surface area (Å²) in [6, 6.07) is 4.39. The lowest BCUT2D eigenvalue weighted by atomic mass is 9.98. The van der Waals surface area contributed by atoms with Crippen LogP contribution in [0, 0.1) is 5.82 Å². The van der Waals surface area contributed by atoms with Gasteiger partial charge in [0.15, 0.2) is 0 Å². The van der Waals surface area contributed by atoms with Crippen molar-refractivity contribution >= 4 is 0 Å². The highest BCUT2D eigenvalue weighted by molar-refractivity contribution is 5.56. The summed E-state index contributed by atoms with van der Waals surface area (Å²) < 4.78 is 102. The molecule has 0 amide bonds. The first-order valence-corrected chi connectivity index (χ1v) is 8.52. The molecular formula is C19H13F7O3.